The van der Waals surface area contributed by atoms with Gasteiger partial charge in [0, 0.05) is 23.0 Å². The van der Waals surface area contributed by atoms with Crippen LogP contribution in [0.3, 0.4) is 0 Å². The van der Waals surface area contributed by atoms with E-state index in [-0.39, 0.29) is 11.8 Å². The molecule has 5 heteroatoms. The summed E-state index contributed by atoms with van der Waals surface area (Å²) in [6.07, 6.45) is 1.92. The van der Waals surface area contributed by atoms with Crippen molar-refractivity contribution in [3.8, 4) is 0 Å². The number of aryl methyl sites for hydroxylation is 2. The minimum atomic E-state index is -0.233. The minimum Gasteiger partial charge on any atom is -0.351 e. The fraction of sp³-hybridized carbons (Fsp3) is 0.273. The third-order valence-corrected chi connectivity index (χ3v) is 4.52. The van der Waals surface area contributed by atoms with Crippen LogP contribution >= 0.6 is 0 Å². The molecule has 0 aliphatic rings. The number of nitrogens with one attached hydrogen (secondary N) is 3. The Morgan fingerprint density at radius 2 is 1.78 bits per heavy atom. The molecule has 0 bridgehead atoms. The maximum absolute atomic E-state index is 12.8. The molecule has 3 rings (SSSR count). The number of carbonyl (C=O) groups excluding carboxylic acids is 2. The monoisotopic (exact) mass is 363 g/mol. The van der Waals surface area contributed by atoms with Gasteiger partial charge in [0.2, 0.25) is 0 Å². The number of benzene rings is 2. The largest absolute Gasteiger partial charge is 0.351 e. The Balaban J connectivity index is 1.98. The van der Waals surface area contributed by atoms with Crippen LogP contribution in [0.15, 0.2) is 42.5 Å². The summed E-state index contributed by atoms with van der Waals surface area (Å²) >= 11 is 0. The fourth-order valence-corrected chi connectivity index (χ4v) is 3.04. The predicted molar refractivity (Wildman–Crippen MR) is 109 cm³/mol. The van der Waals surface area contributed by atoms with Crippen LogP contribution in [0.25, 0.3) is 10.9 Å². The van der Waals surface area contributed by atoms with E-state index >= 15 is 0 Å². The molecule has 0 spiro atoms. The van der Waals surface area contributed by atoms with Crippen LogP contribution in [0.2, 0.25) is 0 Å². The van der Waals surface area contributed by atoms with Crippen LogP contribution in [0.4, 0.5) is 5.69 Å². The van der Waals surface area contributed by atoms with E-state index in [4.69, 9.17) is 0 Å². The second-order valence-corrected chi connectivity index (χ2v) is 6.86. The Hall–Kier alpha value is -3.08. The molecule has 0 aliphatic carbocycles. The number of hydrogen-bond acceptors (Lipinski definition) is 2. The van der Waals surface area contributed by atoms with E-state index in [0.29, 0.717) is 23.5 Å². The summed E-state index contributed by atoms with van der Waals surface area (Å²) in [4.78, 5) is 28.6. The molecule has 0 atom stereocenters. The van der Waals surface area contributed by atoms with Gasteiger partial charge < -0.3 is 15.6 Å². The molecule has 0 fully saturated rings. The number of H-pyrrole nitrogens is 1. The van der Waals surface area contributed by atoms with Crippen molar-refractivity contribution in [2.24, 2.45) is 0 Å². The molecule has 0 radical (unpaired) electrons. The highest BCUT2D eigenvalue weighted by atomic mass is 16.2. The summed E-state index contributed by atoms with van der Waals surface area (Å²) in [6, 6.07) is 13.3. The topological polar surface area (TPSA) is 74.0 Å². The Kier molecular flexibility index (Phi) is 5.60. The van der Waals surface area contributed by atoms with Crippen LogP contribution < -0.4 is 10.6 Å². The van der Waals surface area contributed by atoms with Crippen molar-refractivity contribution in [2.45, 2.75) is 33.6 Å². The molecule has 0 saturated carbocycles. The number of carbonyl (C=O) groups is 2. The lowest BCUT2D eigenvalue weighted by atomic mass is 10.1. The SMILES string of the molecule is CCCCNC(=O)c1[nH]c2ccc(C)cc2c1NC(=O)c1cccc(C)c1. The van der Waals surface area contributed by atoms with Crippen molar-refractivity contribution >= 4 is 28.4 Å². The fourth-order valence-electron chi connectivity index (χ4n) is 3.04. The number of rotatable bonds is 6. The van der Waals surface area contributed by atoms with Gasteiger partial charge in [0.1, 0.15) is 5.69 Å². The molecule has 0 unspecified atom stereocenters. The maximum Gasteiger partial charge on any atom is 0.269 e. The van der Waals surface area contributed by atoms with Gasteiger partial charge in [-0.1, -0.05) is 42.7 Å². The van der Waals surface area contributed by atoms with Gasteiger partial charge in [0.25, 0.3) is 11.8 Å². The highest BCUT2D eigenvalue weighted by Crippen LogP contribution is 2.29. The summed E-state index contributed by atoms with van der Waals surface area (Å²) in [7, 11) is 0. The van der Waals surface area contributed by atoms with Crippen LogP contribution in [-0.2, 0) is 0 Å². The molecule has 2 amide bonds. The normalized spacial score (nSPS) is 10.8. The molecule has 0 aliphatic heterocycles. The van der Waals surface area contributed by atoms with Gasteiger partial charge in [-0.05, 0) is 44.5 Å². The van der Waals surface area contributed by atoms with Crippen molar-refractivity contribution in [1.82, 2.24) is 10.3 Å². The maximum atomic E-state index is 12.8. The first-order valence-electron chi connectivity index (χ1n) is 9.28. The zero-order chi connectivity index (χ0) is 19.4. The Bertz CT molecular complexity index is 988. The zero-order valence-corrected chi connectivity index (χ0v) is 16.0. The number of unbranched alkanes of at least 4 members (excludes halogenated alkanes) is 1. The van der Waals surface area contributed by atoms with Crippen LogP contribution in [0.5, 0.6) is 0 Å². The van der Waals surface area contributed by atoms with Crippen molar-refractivity contribution in [1.29, 1.82) is 0 Å². The van der Waals surface area contributed by atoms with E-state index in [1.54, 1.807) is 6.07 Å². The molecular formula is C22H25N3O2. The summed E-state index contributed by atoms with van der Waals surface area (Å²) in [6.45, 7) is 6.61. The highest BCUT2D eigenvalue weighted by Gasteiger charge is 2.20. The van der Waals surface area contributed by atoms with E-state index < -0.39 is 0 Å². The highest BCUT2D eigenvalue weighted by molar-refractivity contribution is 6.15. The van der Waals surface area contributed by atoms with Crippen molar-refractivity contribution in [2.75, 3.05) is 11.9 Å². The summed E-state index contributed by atoms with van der Waals surface area (Å²) in [5.41, 5.74) is 4.36. The second-order valence-electron chi connectivity index (χ2n) is 6.86. The Morgan fingerprint density at radius 3 is 2.52 bits per heavy atom. The molecule has 1 aromatic heterocycles. The van der Waals surface area contributed by atoms with Gasteiger partial charge in [0.05, 0.1) is 5.69 Å². The third kappa shape index (κ3) is 4.19. The number of fused-ring (bicyclic) bond motifs is 1. The summed E-state index contributed by atoms with van der Waals surface area (Å²) in [5.74, 6) is -0.444. The van der Waals surface area contributed by atoms with E-state index in [1.165, 1.54) is 0 Å². The molecule has 3 N–H and O–H groups in total. The minimum absolute atomic E-state index is 0.211. The lowest BCUT2D eigenvalue weighted by Crippen LogP contribution is -2.26. The number of aromatic nitrogens is 1. The van der Waals surface area contributed by atoms with E-state index in [1.807, 2.05) is 50.2 Å². The number of aromatic amines is 1. The number of anilines is 1. The molecule has 0 saturated heterocycles. The molecule has 1 heterocycles. The standard InChI is InChI=1S/C22H25N3O2/c1-4-5-11-23-22(27)20-19(17-13-15(3)9-10-18(17)24-20)25-21(26)16-8-6-7-14(2)12-16/h6-10,12-13,24H,4-5,11H2,1-3H3,(H,23,27)(H,25,26). The smallest absolute Gasteiger partial charge is 0.269 e. The molecule has 2 aromatic carbocycles. The lowest BCUT2D eigenvalue weighted by Gasteiger charge is -2.09. The average Bonchev–Trinajstić information content (AvgIpc) is 2.99. The number of amides is 2. The van der Waals surface area contributed by atoms with Gasteiger partial charge >= 0.3 is 0 Å². The third-order valence-electron chi connectivity index (χ3n) is 4.52. The van der Waals surface area contributed by atoms with E-state index in [2.05, 4.69) is 22.5 Å². The zero-order valence-electron chi connectivity index (χ0n) is 16.0. The Labute approximate surface area is 159 Å². The molecule has 5 nitrogen and oxygen atoms in total. The second kappa shape index (κ2) is 8.08. The van der Waals surface area contributed by atoms with Crippen molar-refractivity contribution in [3.05, 3.63) is 64.8 Å². The van der Waals surface area contributed by atoms with Gasteiger partial charge in [-0.25, -0.2) is 0 Å². The van der Waals surface area contributed by atoms with Crippen molar-refractivity contribution < 1.29 is 9.59 Å². The first-order valence-corrected chi connectivity index (χ1v) is 9.28. The van der Waals surface area contributed by atoms with E-state index in [0.717, 1.165) is 34.9 Å². The van der Waals surface area contributed by atoms with Gasteiger partial charge in [-0.3, -0.25) is 9.59 Å². The molecule has 3 aromatic rings. The predicted octanol–water partition coefficient (Wildman–Crippen LogP) is 4.57. The average molecular weight is 363 g/mol. The van der Waals surface area contributed by atoms with E-state index in [9.17, 15) is 9.59 Å². The van der Waals surface area contributed by atoms with Crippen LogP contribution in [0, 0.1) is 13.8 Å². The van der Waals surface area contributed by atoms with Gasteiger partial charge in [0.15, 0.2) is 0 Å². The van der Waals surface area contributed by atoms with Crippen LogP contribution in [-0.4, -0.2) is 23.3 Å². The van der Waals surface area contributed by atoms with Gasteiger partial charge in [-0.15, -0.1) is 0 Å². The summed E-state index contributed by atoms with van der Waals surface area (Å²) < 4.78 is 0. The first kappa shape index (κ1) is 18.7. The molecular weight excluding hydrogens is 338 g/mol. The van der Waals surface area contributed by atoms with Crippen LogP contribution in [0.1, 0.15) is 51.7 Å². The molecule has 140 valence electrons. The number of hydrogen-bond donors (Lipinski definition) is 3. The molecule has 27 heavy (non-hydrogen) atoms. The van der Waals surface area contributed by atoms with Gasteiger partial charge in [-0.2, -0.15) is 0 Å². The Morgan fingerprint density at radius 1 is 1.00 bits per heavy atom. The quantitative estimate of drug-likeness (QED) is 0.561. The van der Waals surface area contributed by atoms with Crippen molar-refractivity contribution in [3.63, 3.8) is 0 Å². The lowest BCUT2D eigenvalue weighted by molar-refractivity contribution is 0.0950. The summed E-state index contributed by atoms with van der Waals surface area (Å²) in [5, 5.41) is 6.69. The first-order chi connectivity index (χ1) is 13.0.